The largest absolute Gasteiger partial charge is 0.466 e. The van der Waals surface area contributed by atoms with E-state index in [0.717, 1.165) is 10.1 Å². The van der Waals surface area contributed by atoms with Crippen molar-refractivity contribution >= 4 is 27.4 Å². The van der Waals surface area contributed by atoms with Gasteiger partial charge >= 0.3 is 5.97 Å². The van der Waals surface area contributed by atoms with E-state index >= 15 is 0 Å². The zero-order chi connectivity index (χ0) is 13.8. The van der Waals surface area contributed by atoms with Gasteiger partial charge in [-0.05, 0) is 41.5 Å². The monoisotopic (exact) mass is 280 g/mol. The number of benzene rings is 1. The summed E-state index contributed by atoms with van der Waals surface area (Å²) in [6.45, 7) is 1.97. The Morgan fingerprint density at radius 2 is 2.16 bits per heavy atom. The number of rotatable bonds is 5. The second-order valence-electron chi connectivity index (χ2n) is 4.24. The highest BCUT2D eigenvalue weighted by atomic mass is 32.1. The Hall–Kier alpha value is -1.43. The number of fused-ring (bicyclic) bond motifs is 1. The van der Waals surface area contributed by atoms with Gasteiger partial charge in [0.1, 0.15) is 6.10 Å². The van der Waals surface area contributed by atoms with E-state index in [1.54, 1.807) is 24.3 Å². The highest BCUT2D eigenvalue weighted by molar-refractivity contribution is 7.17. The molecule has 1 aromatic heterocycles. The molecule has 5 heteroatoms. The molecule has 102 valence electrons. The van der Waals surface area contributed by atoms with Gasteiger partial charge in [-0.3, -0.25) is 4.79 Å². The van der Waals surface area contributed by atoms with Crippen molar-refractivity contribution in [3.05, 3.63) is 35.2 Å². The van der Waals surface area contributed by atoms with Crippen LogP contribution in [0.2, 0.25) is 0 Å². The lowest BCUT2D eigenvalue weighted by molar-refractivity contribution is -0.147. The second-order valence-corrected chi connectivity index (χ2v) is 5.19. The van der Waals surface area contributed by atoms with E-state index in [0.29, 0.717) is 5.56 Å². The van der Waals surface area contributed by atoms with E-state index < -0.39 is 18.2 Å². The summed E-state index contributed by atoms with van der Waals surface area (Å²) in [4.78, 5) is 11.3. The molecule has 0 amide bonds. The summed E-state index contributed by atoms with van der Waals surface area (Å²) in [7, 11) is 0. The number of ether oxygens (including phenoxy) is 1. The summed E-state index contributed by atoms with van der Waals surface area (Å²) in [6, 6.07) is 7.44. The Morgan fingerprint density at radius 3 is 2.89 bits per heavy atom. The maximum atomic E-state index is 11.3. The van der Waals surface area contributed by atoms with Gasteiger partial charge in [-0.25, -0.2) is 0 Å². The first-order valence-electron chi connectivity index (χ1n) is 6.10. The van der Waals surface area contributed by atoms with Crippen molar-refractivity contribution in [2.45, 2.75) is 25.6 Å². The number of aliphatic hydroxyl groups excluding tert-OH is 2. The van der Waals surface area contributed by atoms with E-state index in [4.69, 9.17) is 4.74 Å². The van der Waals surface area contributed by atoms with Crippen molar-refractivity contribution in [2.75, 3.05) is 6.61 Å². The quantitative estimate of drug-likeness (QED) is 0.824. The average molecular weight is 280 g/mol. The van der Waals surface area contributed by atoms with E-state index in [1.165, 1.54) is 0 Å². The lowest BCUT2D eigenvalue weighted by Gasteiger charge is -2.17. The van der Waals surface area contributed by atoms with Crippen molar-refractivity contribution in [3.63, 3.8) is 0 Å². The van der Waals surface area contributed by atoms with Crippen LogP contribution in [0.1, 0.15) is 25.0 Å². The molecule has 2 atom stereocenters. The third-order valence-corrected chi connectivity index (χ3v) is 3.76. The van der Waals surface area contributed by atoms with Crippen LogP contribution in [-0.2, 0) is 9.53 Å². The number of hydrogen-bond acceptors (Lipinski definition) is 5. The molecule has 2 rings (SSSR count). The van der Waals surface area contributed by atoms with Crippen LogP contribution in [0.3, 0.4) is 0 Å². The van der Waals surface area contributed by atoms with Gasteiger partial charge in [0.15, 0.2) is 0 Å². The zero-order valence-corrected chi connectivity index (χ0v) is 11.4. The molecule has 4 nitrogen and oxygen atoms in total. The average Bonchev–Trinajstić information content (AvgIpc) is 2.85. The van der Waals surface area contributed by atoms with Crippen molar-refractivity contribution in [2.24, 2.45) is 0 Å². The molecule has 1 heterocycles. The smallest absolute Gasteiger partial charge is 0.308 e. The molecule has 0 aliphatic carbocycles. The highest BCUT2D eigenvalue weighted by Gasteiger charge is 2.22. The van der Waals surface area contributed by atoms with Crippen LogP contribution in [0.15, 0.2) is 29.6 Å². The van der Waals surface area contributed by atoms with Crippen LogP contribution in [0.4, 0.5) is 0 Å². The Bertz CT molecular complexity index is 563. The summed E-state index contributed by atoms with van der Waals surface area (Å²) in [5.74, 6) is -0.509. The van der Waals surface area contributed by atoms with Crippen LogP contribution in [0.5, 0.6) is 0 Å². The van der Waals surface area contributed by atoms with E-state index in [1.807, 2.05) is 23.6 Å². The molecule has 2 aromatic rings. The fraction of sp³-hybridized carbons (Fsp3) is 0.357. The molecule has 0 bridgehead atoms. The predicted molar refractivity (Wildman–Crippen MR) is 74.0 cm³/mol. The van der Waals surface area contributed by atoms with Crippen LogP contribution < -0.4 is 0 Å². The van der Waals surface area contributed by atoms with Gasteiger partial charge in [0, 0.05) is 4.70 Å². The Labute approximate surface area is 115 Å². The highest BCUT2D eigenvalue weighted by Crippen LogP contribution is 2.26. The van der Waals surface area contributed by atoms with E-state index in [9.17, 15) is 15.0 Å². The summed E-state index contributed by atoms with van der Waals surface area (Å²) in [5.41, 5.74) is 0.600. The van der Waals surface area contributed by atoms with Crippen molar-refractivity contribution in [1.29, 1.82) is 0 Å². The topological polar surface area (TPSA) is 66.8 Å². The van der Waals surface area contributed by atoms with Crippen molar-refractivity contribution in [3.8, 4) is 0 Å². The number of carbonyl (C=O) groups excluding carboxylic acids is 1. The summed E-state index contributed by atoms with van der Waals surface area (Å²) < 4.78 is 5.87. The Kier molecular flexibility index (Phi) is 4.52. The number of thiophene rings is 1. The summed E-state index contributed by atoms with van der Waals surface area (Å²) in [6.07, 6.45) is -2.46. The van der Waals surface area contributed by atoms with Crippen LogP contribution >= 0.6 is 11.3 Å². The van der Waals surface area contributed by atoms with Crippen LogP contribution in [-0.4, -0.2) is 28.9 Å². The minimum atomic E-state index is -1.16. The zero-order valence-electron chi connectivity index (χ0n) is 10.6. The SMILES string of the molecule is CCOC(=O)CC(O)C(O)c1ccc2sccc2c1. The lowest BCUT2D eigenvalue weighted by Crippen LogP contribution is -2.23. The summed E-state index contributed by atoms with van der Waals surface area (Å²) >= 11 is 1.62. The first-order valence-corrected chi connectivity index (χ1v) is 6.98. The second kappa shape index (κ2) is 6.14. The molecule has 2 N–H and O–H groups in total. The van der Waals surface area contributed by atoms with Gasteiger partial charge in [0.25, 0.3) is 0 Å². The molecule has 0 saturated heterocycles. The first-order chi connectivity index (χ1) is 9.11. The van der Waals surface area contributed by atoms with Crippen molar-refractivity contribution in [1.82, 2.24) is 0 Å². The number of hydrogen-bond donors (Lipinski definition) is 2. The number of carbonyl (C=O) groups is 1. The molecule has 0 aliphatic heterocycles. The molecule has 0 aliphatic rings. The molecule has 0 fully saturated rings. The molecule has 1 aromatic carbocycles. The summed E-state index contributed by atoms with van der Waals surface area (Å²) in [5, 5.41) is 22.9. The Morgan fingerprint density at radius 1 is 1.37 bits per heavy atom. The predicted octanol–water partition coefficient (Wildman–Crippen LogP) is 2.25. The molecular formula is C14H16O4S. The van der Waals surface area contributed by atoms with Gasteiger partial charge in [-0.1, -0.05) is 6.07 Å². The van der Waals surface area contributed by atoms with Gasteiger partial charge < -0.3 is 14.9 Å². The number of esters is 1. The fourth-order valence-electron chi connectivity index (χ4n) is 1.89. The minimum Gasteiger partial charge on any atom is -0.466 e. The number of aliphatic hydroxyl groups is 2. The van der Waals surface area contributed by atoms with Crippen LogP contribution in [0.25, 0.3) is 10.1 Å². The van der Waals surface area contributed by atoms with E-state index in [-0.39, 0.29) is 13.0 Å². The first kappa shape index (κ1) is 14.0. The maximum Gasteiger partial charge on any atom is 0.308 e. The molecule has 0 saturated carbocycles. The molecule has 0 spiro atoms. The maximum absolute atomic E-state index is 11.3. The molecule has 0 radical (unpaired) electrons. The van der Waals surface area contributed by atoms with Gasteiger partial charge in [-0.2, -0.15) is 0 Å². The fourth-order valence-corrected chi connectivity index (χ4v) is 2.66. The third-order valence-electron chi connectivity index (χ3n) is 2.86. The normalized spacial score (nSPS) is 14.3. The van der Waals surface area contributed by atoms with Crippen LogP contribution in [0, 0.1) is 0 Å². The third kappa shape index (κ3) is 3.32. The van der Waals surface area contributed by atoms with Gasteiger partial charge in [-0.15, -0.1) is 11.3 Å². The molecule has 19 heavy (non-hydrogen) atoms. The van der Waals surface area contributed by atoms with Gasteiger partial charge in [0.05, 0.1) is 19.1 Å². The Balaban J connectivity index is 2.09. The van der Waals surface area contributed by atoms with E-state index in [2.05, 4.69) is 0 Å². The lowest BCUT2D eigenvalue weighted by atomic mass is 10.0. The van der Waals surface area contributed by atoms with Gasteiger partial charge in [0.2, 0.25) is 0 Å². The standard InChI is InChI=1S/C14H16O4S/c1-2-18-13(16)8-11(15)14(17)10-3-4-12-9(7-10)5-6-19-12/h3-7,11,14-15,17H,2,8H2,1H3. The molecular weight excluding hydrogens is 264 g/mol. The molecule has 2 unspecified atom stereocenters. The van der Waals surface area contributed by atoms with Crippen molar-refractivity contribution < 1.29 is 19.7 Å². The minimum absolute atomic E-state index is 0.212.